The molecule has 10 rings (SSSR count). The summed E-state index contributed by atoms with van der Waals surface area (Å²) in [7, 11) is -1.59. The predicted octanol–water partition coefficient (Wildman–Crippen LogP) is 1.06. The minimum absolute atomic E-state index is 0.00843. The van der Waals surface area contributed by atoms with Gasteiger partial charge in [-0.2, -0.15) is 5.26 Å². The normalized spacial score (nSPS) is 39.8. The first kappa shape index (κ1) is 46.2. The van der Waals surface area contributed by atoms with E-state index in [2.05, 4.69) is 42.0 Å². The molecule has 338 valence electrons. The van der Waals surface area contributed by atoms with Crippen molar-refractivity contribution in [3.63, 3.8) is 0 Å². The van der Waals surface area contributed by atoms with Crippen molar-refractivity contribution in [1.82, 2.24) is 31.1 Å². The quantitative estimate of drug-likeness (QED) is 0.128. The first-order valence-corrected chi connectivity index (χ1v) is 22.9. The van der Waals surface area contributed by atoms with E-state index in [1.165, 1.54) is 13.3 Å². The number of hydrogen-bond donors (Lipinski definition) is 8. The molecule has 10 fully saturated rings. The Hall–Kier alpha value is -2.82. The minimum Gasteiger partial charge on any atom is -0.480 e. The molecule has 61 heavy (non-hydrogen) atoms. The van der Waals surface area contributed by atoms with Gasteiger partial charge in [0.2, 0.25) is 11.8 Å². The molecule has 0 aromatic heterocycles. The number of amides is 2. The molecule has 0 aromatic rings. The highest BCUT2D eigenvalue weighted by atomic mass is 16.7. The van der Waals surface area contributed by atoms with Crippen molar-refractivity contribution in [3.8, 4) is 6.07 Å². The molecule has 17 nitrogen and oxygen atoms in total. The molecule has 0 spiro atoms. The number of hydrogen-bond acceptors (Lipinski definition) is 13. The van der Waals surface area contributed by atoms with Gasteiger partial charge in [0.05, 0.1) is 42.9 Å². The second-order valence-electron chi connectivity index (χ2n) is 20.4. The van der Waals surface area contributed by atoms with E-state index in [4.69, 9.17) is 24.6 Å². The summed E-state index contributed by atoms with van der Waals surface area (Å²) in [5, 5.41) is 58.6. The van der Waals surface area contributed by atoms with Gasteiger partial charge < -0.3 is 50.0 Å². The number of carboxylic acids is 2. The van der Waals surface area contributed by atoms with Crippen LogP contribution in [-0.2, 0) is 28.5 Å². The smallest absolute Gasteiger partial charge is 0.457 e. The van der Waals surface area contributed by atoms with Crippen molar-refractivity contribution in [1.29, 1.82) is 5.26 Å². The SMILES string of the molecule is CC#N.CC1(C)[C@H]2C[C@@H]3OB(CCC[C@]45CCN[C@@]4(C(=O)O)CN(C(=O)[C@@H]4CCCN4)C5)O[C@]3(C)[C@@H]1C2.O=C([C@@H]1CCCN1)N1C[C@@]2(CCCB(O)O)CCN[C@@]2(C(=O)O)C1. The number of nitrogens with one attached hydrogen (secondary N) is 4. The van der Waals surface area contributed by atoms with E-state index in [0.29, 0.717) is 56.8 Å². The Morgan fingerprint density at radius 1 is 0.803 bits per heavy atom. The molecule has 7 heterocycles. The van der Waals surface area contributed by atoms with Gasteiger partial charge >= 0.3 is 26.2 Å². The molecular formula is C42H69B2N7O10. The monoisotopic (exact) mass is 854 g/mol. The average Bonchev–Trinajstić information content (AvgIpc) is 4.05. The maximum atomic E-state index is 13.1. The van der Waals surface area contributed by atoms with Gasteiger partial charge in [-0.3, -0.25) is 29.8 Å². The lowest BCUT2D eigenvalue weighted by atomic mass is 9.43. The van der Waals surface area contributed by atoms with Crippen molar-refractivity contribution in [3.05, 3.63) is 0 Å². The van der Waals surface area contributed by atoms with Gasteiger partial charge in [0.25, 0.3) is 0 Å². The first-order chi connectivity index (χ1) is 28.9. The van der Waals surface area contributed by atoms with Gasteiger partial charge in [0, 0.05) is 30.8 Å². The van der Waals surface area contributed by atoms with Crippen LogP contribution in [0.4, 0.5) is 0 Å². The lowest BCUT2D eigenvalue weighted by molar-refractivity contribution is -0.199. The van der Waals surface area contributed by atoms with E-state index in [1.54, 1.807) is 11.0 Å². The number of rotatable bonds is 12. The van der Waals surface area contributed by atoms with Gasteiger partial charge in [0.15, 0.2) is 0 Å². The van der Waals surface area contributed by atoms with Crippen LogP contribution in [-0.4, -0.2) is 155 Å². The zero-order valence-electron chi connectivity index (χ0n) is 36.7. The maximum absolute atomic E-state index is 13.1. The number of aliphatic carboxylic acids is 2. The summed E-state index contributed by atoms with van der Waals surface area (Å²) in [6.07, 6.45) is 11.2. The lowest BCUT2D eigenvalue weighted by Crippen LogP contribution is -2.65. The molecule has 8 N–H and O–H groups in total. The predicted molar refractivity (Wildman–Crippen MR) is 226 cm³/mol. The van der Waals surface area contributed by atoms with Crippen LogP contribution in [0.2, 0.25) is 12.6 Å². The maximum Gasteiger partial charge on any atom is 0.457 e. The third-order valence-electron chi connectivity index (χ3n) is 17.0. The Kier molecular flexibility index (Phi) is 13.3. The highest BCUT2D eigenvalue weighted by Crippen LogP contribution is 2.66. The van der Waals surface area contributed by atoms with Crippen molar-refractivity contribution < 1.29 is 48.7 Å². The van der Waals surface area contributed by atoms with Gasteiger partial charge in [0.1, 0.15) is 11.1 Å². The van der Waals surface area contributed by atoms with Crippen LogP contribution in [0.15, 0.2) is 0 Å². The molecule has 7 aliphatic heterocycles. The van der Waals surface area contributed by atoms with Crippen molar-refractivity contribution in [2.45, 2.75) is 152 Å². The Labute approximate surface area is 361 Å². The molecule has 0 radical (unpaired) electrons. The van der Waals surface area contributed by atoms with Gasteiger partial charge in [-0.05, 0) is 127 Å². The zero-order chi connectivity index (χ0) is 44.0. The van der Waals surface area contributed by atoms with Crippen LogP contribution in [0.1, 0.15) is 105 Å². The molecule has 10 atom stereocenters. The molecule has 3 saturated carbocycles. The van der Waals surface area contributed by atoms with Crippen LogP contribution in [0, 0.1) is 39.4 Å². The summed E-state index contributed by atoms with van der Waals surface area (Å²) in [6.45, 7) is 12.8. The standard InChI is InChI=1S/C25H40BN3O5.C15H26BN3O5.C2H3N/c1-22(2)16-12-18(22)23(3)19(13-16)33-26(34-23)9-5-7-24-8-11-28-25(24,21(31)32)15-29(14-24)20(30)17-6-4-10-27-17;20-12(11-3-1-7-17-11)19-9-14(4-2-6-16(23)24)5-8-18-15(14,10-19)13(21)22;1-2-3/h16-19,27-28H,4-15H2,1-3H3,(H,31,32);11,17-18,23-24H,1-10H2,(H,21,22);1H3/t16-,17+,18-,19+,23-,24-,25-;11-,14+,15+;/m10./s1. The fourth-order valence-electron chi connectivity index (χ4n) is 13.5. The second kappa shape index (κ2) is 17.6. The van der Waals surface area contributed by atoms with E-state index >= 15 is 0 Å². The fourth-order valence-corrected chi connectivity index (χ4v) is 13.5. The molecule has 0 unspecified atom stereocenters. The van der Waals surface area contributed by atoms with Crippen molar-refractivity contribution in [2.24, 2.45) is 28.1 Å². The first-order valence-electron chi connectivity index (χ1n) is 22.9. The van der Waals surface area contributed by atoms with E-state index in [9.17, 15) is 29.4 Å². The van der Waals surface area contributed by atoms with Crippen molar-refractivity contribution in [2.75, 3.05) is 52.4 Å². The highest BCUT2D eigenvalue weighted by Gasteiger charge is 2.69. The van der Waals surface area contributed by atoms with Gasteiger partial charge in [-0.15, -0.1) is 0 Å². The largest absolute Gasteiger partial charge is 0.480 e. The van der Waals surface area contributed by atoms with E-state index in [1.807, 2.05) is 4.90 Å². The third-order valence-corrected chi connectivity index (χ3v) is 17.0. The minimum atomic E-state index is -1.38. The summed E-state index contributed by atoms with van der Waals surface area (Å²) in [5.74, 6) is -0.410. The number of likely N-dealkylation sites (tertiary alicyclic amines) is 2. The molecule has 2 amide bonds. The van der Waals surface area contributed by atoms with Crippen LogP contribution in [0.3, 0.4) is 0 Å². The van der Waals surface area contributed by atoms with Crippen LogP contribution in [0.5, 0.6) is 0 Å². The van der Waals surface area contributed by atoms with Crippen LogP contribution in [0.25, 0.3) is 0 Å². The van der Waals surface area contributed by atoms with E-state index in [0.717, 1.165) is 76.7 Å². The molecule has 7 saturated heterocycles. The summed E-state index contributed by atoms with van der Waals surface area (Å²) in [4.78, 5) is 54.0. The number of carbonyl (C=O) groups is 4. The van der Waals surface area contributed by atoms with Crippen LogP contribution < -0.4 is 21.3 Å². The average molecular weight is 854 g/mol. The van der Waals surface area contributed by atoms with E-state index in [-0.39, 0.29) is 62.1 Å². The van der Waals surface area contributed by atoms with Gasteiger partial charge in [-0.25, -0.2) is 0 Å². The zero-order valence-corrected chi connectivity index (χ0v) is 36.7. The second-order valence-corrected chi connectivity index (χ2v) is 20.4. The lowest BCUT2D eigenvalue weighted by Gasteiger charge is -2.64. The molecule has 2 bridgehead atoms. The topological polar surface area (TPSA) is 246 Å². The third kappa shape index (κ3) is 7.93. The number of nitrogens with zero attached hydrogens (tertiary/aromatic N) is 3. The Bertz CT molecular complexity index is 1710. The number of carbonyl (C=O) groups excluding carboxylic acids is 2. The summed E-state index contributed by atoms with van der Waals surface area (Å²) < 4.78 is 13.0. The molecule has 19 heteroatoms. The van der Waals surface area contributed by atoms with Gasteiger partial charge in [-0.1, -0.05) is 26.7 Å². The fraction of sp³-hybridized carbons (Fsp3) is 0.881. The molecule has 0 aromatic carbocycles. The summed E-state index contributed by atoms with van der Waals surface area (Å²) in [5.41, 5.74) is -3.03. The Morgan fingerprint density at radius 3 is 1.75 bits per heavy atom. The number of fused-ring (bicyclic) bond motifs is 2. The van der Waals surface area contributed by atoms with Crippen molar-refractivity contribution >= 4 is 38.0 Å². The molecule has 10 aliphatic rings. The summed E-state index contributed by atoms with van der Waals surface area (Å²) in [6, 6.07) is 1.38. The summed E-state index contributed by atoms with van der Waals surface area (Å²) >= 11 is 0. The Morgan fingerprint density at radius 2 is 1.31 bits per heavy atom. The number of nitriles is 1. The highest BCUT2D eigenvalue weighted by molar-refractivity contribution is 6.45. The Balaban J connectivity index is 0.000000183. The van der Waals surface area contributed by atoms with E-state index < -0.39 is 41.0 Å². The number of carboxylic acid groups (broad SMARTS) is 2. The molecular weight excluding hydrogens is 784 g/mol. The molecule has 3 aliphatic carbocycles. The van der Waals surface area contributed by atoms with Crippen LogP contribution >= 0.6 is 0 Å².